The molecule has 4 aromatic rings. The molecule has 0 spiro atoms. The van der Waals surface area contributed by atoms with Crippen LogP contribution in [0.5, 0.6) is 0 Å². The highest BCUT2D eigenvalue weighted by Crippen LogP contribution is 2.23. The van der Waals surface area contributed by atoms with Gasteiger partial charge in [-0.2, -0.15) is 4.57 Å². The molecule has 0 N–H and O–H groups in total. The molecule has 3 heteroatoms. The van der Waals surface area contributed by atoms with Gasteiger partial charge in [-0.05, 0) is 62.2 Å². The highest BCUT2D eigenvalue weighted by Gasteiger charge is 2.15. The third-order valence-corrected chi connectivity index (χ3v) is 5.98. The van der Waals surface area contributed by atoms with Gasteiger partial charge in [0.05, 0.1) is 0 Å². The third-order valence-electron chi connectivity index (χ3n) is 5.98. The van der Waals surface area contributed by atoms with E-state index in [9.17, 15) is 0 Å². The lowest BCUT2D eigenvalue weighted by molar-refractivity contribution is -0.652. The summed E-state index contributed by atoms with van der Waals surface area (Å²) in [5, 5.41) is 1.28. The van der Waals surface area contributed by atoms with Gasteiger partial charge in [0.1, 0.15) is 7.05 Å². The molecule has 0 atom stereocenters. The van der Waals surface area contributed by atoms with Gasteiger partial charge in [-0.15, -0.1) is 0 Å². The predicted octanol–water partition coefficient (Wildman–Crippen LogP) is 4.92. The first-order valence-corrected chi connectivity index (χ1v) is 10.3. The van der Waals surface area contributed by atoms with Crippen LogP contribution >= 0.6 is 0 Å². The summed E-state index contributed by atoms with van der Waals surface area (Å²) in [6.07, 6.45) is 2.07. The van der Waals surface area contributed by atoms with Crippen LogP contribution in [0.25, 0.3) is 16.6 Å². The molecule has 0 aliphatic rings. The molecule has 0 radical (unpaired) electrons. The van der Waals surface area contributed by atoms with E-state index in [1.54, 1.807) is 0 Å². The van der Waals surface area contributed by atoms with Gasteiger partial charge in [0.2, 0.25) is 5.52 Å². The van der Waals surface area contributed by atoms with Crippen molar-refractivity contribution in [3.63, 3.8) is 0 Å². The number of anilines is 1. The van der Waals surface area contributed by atoms with Crippen LogP contribution in [0.2, 0.25) is 0 Å². The second kappa shape index (κ2) is 7.75. The molecule has 0 saturated heterocycles. The minimum Gasteiger partial charge on any atom is -0.378 e. The highest BCUT2D eigenvalue weighted by molar-refractivity contribution is 5.80. The van der Waals surface area contributed by atoms with Crippen molar-refractivity contribution < 1.29 is 4.57 Å². The van der Waals surface area contributed by atoms with Crippen molar-refractivity contribution in [3.8, 4) is 5.69 Å². The summed E-state index contributed by atoms with van der Waals surface area (Å²) in [6, 6.07) is 24.2. The number of hydrogen-bond donors (Lipinski definition) is 0. The summed E-state index contributed by atoms with van der Waals surface area (Å²) in [4.78, 5) is 2.15. The first-order valence-electron chi connectivity index (χ1n) is 10.3. The van der Waals surface area contributed by atoms with Gasteiger partial charge < -0.3 is 9.47 Å². The number of aryl methyl sites for hydroxylation is 4. The largest absolute Gasteiger partial charge is 0.378 e. The van der Waals surface area contributed by atoms with Crippen LogP contribution in [0.1, 0.15) is 22.6 Å². The number of nitrogens with zero attached hydrogens (tertiary/aromatic N) is 3. The van der Waals surface area contributed by atoms with E-state index >= 15 is 0 Å². The number of benzene rings is 2. The summed E-state index contributed by atoms with van der Waals surface area (Å²) in [5.74, 6) is 0. The van der Waals surface area contributed by atoms with Gasteiger partial charge in [-0.1, -0.05) is 18.2 Å². The SMILES string of the molecule is Cc1cc(CCc2ccc3cc(N(C)C)ccc3[n+]2C)c(C)n1-c1ccccc1. The Morgan fingerprint density at radius 2 is 1.62 bits per heavy atom. The van der Waals surface area contributed by atoms with E-state index in [0.717, 1.165) is 12.8 Å². The number of rotatable bonds is 5. The number of fused-ring (bicyclic) bond motifs is 1. The van der Waals surface area contributed by atoms with Crippen molar-refractivity contribution in [2.45, 2.75) is 26.7 Å². The maximum atomic E-state index is 2.36. The van der Waals surface area contributed by atoms with Crippen LogP contribution in [0.15, 0.2) is 66.7 Å². The monoisotopic (exact) mass is 384 g/mol. The fourth-order valence-electron chi connectivity index (χ4n) is 4.28. The first kappa shape index (κ1) is 19.3. The molecular formula is C26H30N3+. The fraction of sp³-hybridized carbons (Fsp3) is 0.269. The summed E-state index contributed by atoms with van der Waals surface area (Å²) >= 11 is 0. The Bertz CT molecular complexity index is 1150. The number of pyridine rings is 1. The fourth-order valence-corrected chi connectivity index (χ4v) is 4.28. The molecule has 0 aliphatic heterocycles. The van der Waals surface area contributed by atoms with Gasteiger partial charge >= 0.3 is 0 Å². The summed E-state index contributed by atoms with van der Waals surface area (Å²) < 4.78 is 4.70. The zero-order chi connectivity index (χ0) is 20.5. The lowest BCUT2D eigenvalue weighted by Crippen LogP contribution is -2.34. The lowest BCUT2D eigenvalue weighted by atomic mass is 10.1. The molecule has 2 aromatic carbocycles. The zero-order valence-electron chi connectivity index (χ0n) is 18.1. The van der Waals surface area contributed by atoms with Gasteiger partial charge in [-0.25, -0.2) is 0 Å². The molecule has 4 rings (SSSR count). The molecule has 148 valence electrons. The average Bonchev–Trinajstić information content (AvgIpc) is 3.01. The third kappa shape index (κ3) is 3.65. The number of para-hydroxylation sites is 1. The Morgan fingerprint density at radius 1 is 0.862 bits per heavy atom. The van der Waals surface area contributed by atoms with Gasteiger partial charge in [-0.3, -0.25) is 0 Å². The molecule has 2 aromatic heterocycles. The van der Waals surface area contributed by atoms with E-state index in [1.165, 1.54) is 44.9 Å². The van der Waals surface area contributed by atoms with Gasteiger partial charge in [0.25, 0.3) is 0 Å². The molecule has 0 aliphatic carbocycles. The van der Waals surface area contributed by atoms with Crippen molar-refractivity contribution in [1.29, 1.82) is 0 Å². The van der Waals surface area contributed by atoms with Crippen LogP contribution in [0.3, 0.4) is 0 Å². The highest BCUT2D eigenvalue weighted by atomic mass is 15.1. The average molecular weight is 385 g/mol. The minimum absolute atomic E-state index is 1.03. The molecule has 0 fully saturated rings. The van der Waals surface area contributed by atoms with Crippen LogP contribution in [0, 0.1) is 13.8 Å². The smallest absolute Gasteiger partial charge is 0.212 e. The number of hydrogen-bond acceptors (Lipinski definition) is 1. The topological polar surface area (TPSA) is 12.1 Å². The second-order valence-electron chi connectivity index (χ2n) is 8.09. The summed E-state index contributed by atoms with van der Waals surface area (Å²) in [5.41, 5.74) is 9.17. The Morgan fingerprint density at radius 3 is 2.34 bits per heavy atom. The van der Waals surface area contributed by atoms with E-state index < -0.39 is 0 Å². The maximum Gasteiger partial charge on any atom is 0.212 e. The van der Waals surface area contributed by atoms with E-state index in [4.69, 9.17) is 0 Å². The van der Waals surface area contributed by atoms with Crippen LogP contribution < -0.4 is 9.47 Å². The van der Waals surface area contributed by atoms with Gasteiger partial charge in [0.15, 0.2) is 5.69 Å². The lowest BCUT2D eigenvalue weighted by Gasteiger charge is -2.13. The van der Waals surface area contributed by atoms with Crippen LogP contribution in [-0.2, 0) is 19.9 Å². The molecule has 3 nitrogen and oxygen atoms in total. The summed E-state index contributed by atoms with van der Waals surface area (Å²) in [6.45, 7) is 4.43. The van der Waals surface area contributed by atoms with E-state index in [2.05, 4.69) is 116 Å². The van der Waals surface area contributed by atoms with Crippen molar-refractivity contribution in [1.82, 2.24) is 4.57 Å². The Kier molecular flexibility index (Phi) is 5.14. The van der Waals surface area contributed by atoms with Crippen LogP contribution in [0.4, 0.5) is 5.69 Å². The first-order chi connectivity index (χ1) is 14.0. The molecular weight excluding hydrogens is 354 g/mol. The standard InChI is InChI=1S/C26H30N3/c1-19-17-21(20(2)29(19)24-9-7-6-8-10-24)11-13-23-14-12-22-18-25(27(3)4)15-16-26(22)28(23)5/h6-10,12,14-18H,11,13H2,1-5H3/q+1. The van der Waals surface area contributed by atoms with Crippen molar-refractivity contribution in [2.75, 3.05) is 19.0 Å². The molecule has 2 heterocycles. The van der Waals surface area contributed by atoms with Crippen molar-refractivity contribution >= 4 is 16.6 Å². The molecule has 29 heavy (non-hydrogen) atoms. The predicted molar refractivity (Wildman–Crippen MR) is 122 cm³/mol. The molecule has 0 unspecified atom stereocenters. The maximum absolute atomic E-state index is 2.36. The zero-order valence-corrected chi connectivity index (χ0v) is 18.1. The molecule has 0 bridgehead atoms. The van der Waals surface area contributed by atoms with E-state index in [1.807, 2.05) is 0 Å². The Labute approximate surface area is 173 Å². The Hall–Kier alpha value is -3.07. The normalized spacial score (nSPS) is 11.2. The van der Waals surface area contributed by atoms with Crippen LogP contribution in [-0.4, -0.2) is 18.7 Å². The van der Waals surface area contributed by atoms with Crippen molar-refractivity contribution in [2.24, 2.45) is 7.05 Å². The Balaban J connectivity index is 1.60. The molecule has 0 saturated carbocycles. The second-order valence-corrected chi connectivity index (χ2v) is 8.09. The van der Waals surface area contributed by atoms with E-state index in [-0.39, 0.29) is 0 Å². The van der Waals surface area contributed by atoms with Gasteiger partial charge in [0, 0.05) is 60.8 Å². The molecule has 0 amide bonds. The quantitative estimate of drug-likeness (QED) is 0.445. The number of aromatic nitrogens is 2. The summed E-state index contributed by atoms with van der Waals surface area (Å²) in [7, 11) is 6.35. The minimum atomic E-state index is 1.03. The van der Waals surface area contributed by atoms with E-state index in [0.29, 0.717) is 0 Å². The van der Waals surface area contributed by atoms with Crippen molar-refractivity contribution in [3.05, 3.63) is 89.4 Å².